The first-order valence-corrected chi connectivity index (χ1v) is 7.84. The van der Waals surface area contributed by atoms with Crippen molar-refractivity contribution in [1.29, 1.82) is 0 Å². The normalized spacial score (nSPS) is 22.0. The predicted octanol–water partition coefficient (Wildman–Crippen LogP) is 4.08. The first kappa shape index (κ1) is 14.8. The second-order valence-corrected chi connectivity index (χ2v) is 5.81. The first-order chi connectivity index (χ1) is 10.6. The number of furan rings is 1. The second-order valence-electron chi connectivity index (χ2n) is 5.81. The highest BCUT2D eigenvalue weighted by Gasteiger charge is 2.35. The third kappa shape index (κ3) is 2.43. The number of esters is 1. The molecule has 1 fully saturated rings. The lowest BCUT2D eigenvalue weighted by molar-refractivity contribution is -0.124. The van der Waals surface area contributed by atoms with Crippen LogP contribution in [0.3, 0.4) is 0 Å². The first-order valence-electron chi connectivity index (χ1n) is 7.84. The van der Waals surface area contributed by atoms with Crippen LogP contribution in [0.25, 0.3) is 11.0 Å². The van der Waals surface area contributed by atoms with Crippen molar-refractivity contribution in [3.8, 4) is 0 Å². The topological polar surface area (TPSA) is 56.5 Å². The van der Waals surface area contributed by atoms with Gasteiger partial charge in [-0.2, -0.15) is 0 Å². The number of Topliss-reactive ketones (excluding diaryl/α,β-unsaturated/α-hetero) is 1. The molecule has 2 unspecified atom stereocenters. The van der Waals surface area contributed by atoms with Crippen LogP contribution in [0.2, 0.25) is 0 Å². The highest BCUT2D eigenvalue weighted by molar-refractivity contribution is 6.05. The Morgan fingerprint density at radius 1 is 1.36 bits per heavy atom. The number of carbonyl (C=O) groups excluding carboxylic acids is 2. The zero-order valence-corrected chi connectivity index (χ0v) is 12.9. The van der Waals surface area contributed by atoms with Crippen LogP contribution in [-0.4, -0.2) is 18.4 Å². The number of carbonyl (C=O) groups is 2. The maximum Gasteiger partial charge on any atom is 0.342 e. The number of ether oxygens (including phenoxy) is 1. The summed E-state index contributed by atoms with van der Waals surface area (Å²) in [5, 5.41) is 0.765. The summed E-state index contributed by atoms with van der Waals surface area (Å²) in [5.41, 5.74) is 1.16. The Balaban J connectivity index is 2.13. The molecule has 3 rings (SSSR count). The molecular weight excluding hydrogens is 280 g/mol. The quantitative estimate of drug-likeness (QED) is 0.801. The second kappa shape index (κ2) is 5.95. The SMILES string of the molecule is CCOC(=O)c1c(C2CCCC(=O)C2C)oc2ccccc12. The Kier molecular flexibility index (Phi) is 4.01. The lowest BCUT2D eigenvalue weighted by atomic mass is 9.77. The van der Waals surface area contributed by atoms with E-state index < -0.39 is 0 Å². The molecule has 0 N–H and O–H groups in total. The van der Waals surface area contributed by atoms with Crippen LogP contribution in [0.15, 0.2) is 28.7 Å². The summed E-state index contributed by atoms with van der Waals surface area (Å²) in [6.07, 6.45) is 2.32. The molecule has 0 amide bonds. The summed E-state index contributed by atoms with van der Waals surface area (Å²) in [6.45, 7) is 4.03. The number of hydrogen-bond donors (Lipinski definition) is 0. The molecule has 1 aromatic carbocycles. The molecule has 1 aliphatic carbocycles. The molecule has 1 aromatic heterocycles. The van der Waals surface area contributed by atoms with Crippen molar-refractivity contribution in [3.05, 3.63) is 35.6 Å². The standard InChI is InChI=1S/C18H20O4/c1-3-21-18(20)16-13-7-4-5-10-15(13)22-17(16)12-8-6-9-14(19)11(12)2/h4-5,7,10-12H,3,6,8-9H2,1-2H3. The molecule has 0 saturated heterocycles. The van der Waals surface area contributed by atoms with E-state index in [1.54, 1.807) is 6.92 Å². The van der Waals surface area contributed by atoms with Crippen LogP contribution in [-0.2, 0) is 9.53 Å². The number of hydrogen-bond acceptors (Lipinski definition) is 4. The van der Waals surface area contributed by atoms with Gasteiger partial charge in [0, 0.05) is 23.6 Å². The Labute approximate surface area is 129 Å². The number of para-hydroxylation sites is 1. The number of benzene rings is 1. The third-order valence-corrected chi connectivity index (χ3v) is 4.49. The fourth-order valence-corrected chi connectivity index (χ4v) is 3.30. The Morgan fingerprint density at radius 3 is 2.91 bits per heavy atom. The molecule has 1 heterocycles. The van der Waals surface area contributed by atoms with E-state index in [1.807, 2.05) is 31.2 Å². The Bertz CT molecular complexity index is 713. The van der Waals surface area contributed by atoms with Gasteiger partial charge in [0.2, 0.25) is 0 Å². The molecule has 0 radical (unpaired) electrons. The van der Waals surface area contributed by atoms with E-state index in [-0.39, 0.29) is 23.6 Å². The van der Waals surface area contributed by atoms with E-state index >= 15 is 0 Å². The van der Waals surface area contributed by atoms with Crippen LogP contribution < -0.4 is 0 Å². The van der Waals surface area contributed by atoms with Gasteiger partial charge in [0.05, 0.1) is 6.61 Å². The third-order valence-electron chi connectivity index (χ3n) is 4.49. The summed E-state index contributed by atoms with van der Waals surface area (Å²) in [7, 11) is 0. The summed E-state index contributed by atoms with van der Waals surface area (Å²) < 4.78 is 11.2. The lowest BCUT2D eigenvalue weighted by Gasteiger charge is -2.26. The van der Waals surface area contributed by atoms with Crippen molar-refractivity contribution < 1.29 is 18.7 Å². The Morgan fingerprint density at radius 2 is 2.14 bits per heavy atom. The van der Waals surface area contributed by atoms with Crippen molar-refractivity contribution in [3.63, 3.8) is 0 Å². The molecule has 116 valence electrons. The van der Waals surface area contributed by atoms with Crippen molar-refractivity contribution >= 4 is 22.7 Å². The van der Waals surface area contributed by atoms with Gasteiger partial charge in [-0.05, 0) is 25.8 Å². The largest absolute Gasteiger partial charge is 0.462 e. The summed E-state index contributed by atoms with van der Waals surface area (Å²) in [6, 6.07) is 7.46. The summed E-state index contributed by atoms with van der Waals surface area (Å²) in [4.78, 5) is 24.4. The maximum atomic E-state index is 12.4. The monoisotopic (exact) mass is 300 g/mol. The zero-order chi connectivity index (χ0) is 15.7. The molecule has 0 aliphatic heterocycles. The molecule has 4 nitrogen and oxygen atoms in total. The highest BCUT2D eigenvalue weighted by atomic mass is 16.5. The zero-order valence-electron chi connectivity index (χ0n) is 12.9. The smallest absolute Gasteiger partial charge is 0.342 e. The molecule has 22 heavy (non-hydrogen) atoms. The molecule has 1 aliphatic rings. The minimum absolute atomic E-state index is 0.0481. The van der Waals surface area contributed by atoms with Crippen molar-refractivity contribution in [1.82, 2.24) is 0 Å². The van der Waals surface area contributed by atoms with E-state index in [2.05, 4.69) is 0 Å². The average molecular weight is 300 g/mol. The van der Waals surface area contributed by atoms with Gasteiger partial charge in [-0.3, -0.25) is 4.79 Å². The van der Waals surface area contributed by atoms with Crippen molar-refractivity contribution in [2.75, 3.05) is 6.61 Å². The van der Waals surface area contributed by atoms with Gasteiger partial charge >= 0.3 is 5.97 Å². The average Bonchev–Trinajstić information content (AvgIpc) is 2.89. The molecule has 2 atom stereocenters. The fourth-order valence-electron chi connectivity index (χ4n) is 3.30. The summed E-state index contributed by atoms with van der Waals surface area (Å²) in [5.74, 6) is 0.315. The minimum Gasteiger partial charge on any atom is -0.462 e. The molecule has 4 heteroatoms. The fraction of sp³-hybridized carbons (Fsp3) is 0.444. The molecule has 0 spiro atoms. The van der Waals surface area contributed by atoms with Crippen LogP contribution >= 0.6 is 0 Å². The van der Waals surface area contributed by atoms with Gasteiger partial charge in [-0.1, -0.05) is 25.1 Å². The van der Waals surface area contributed by atoms with Crippen LogP contribution in [0.1, 0.15) is 55.1 Å². The van der Waals surface area contributed by atoms with Gasteiger partial charge in [-0.25, -0.2) is 4.79 Å². The van der Waals surface area contributed by atoms with Gasteiger partial charge in [0.1, 0.15) is 22.7 Å². The molecule has 1 saturated carbocycles. The van der Waals surface area contributed by atoms with Crippen molar-refractivity contribution in [2.24, 2.45) is 5.92 Å². The molecule has 2 aromatic rings. The molecule has 0 bridgehead atoms. The van der Waals surface area contributed by atoms with Gasteiger partial charge in [0.15, 0.2) is 0 Å². The highest BCUT2D eigenvalue weighted by Crippen LogP contribution is 2.41. The Hall–Kier alpha value is -2.10. The number of fused-ring (bicyclic) bond motifs is 1. The predicted molar refractivity (Wildman–Crippen MR) is 82.9 cm³/mol. The van der Waals surface area contributed by atoms with E-state index in [4.69, 9.17) is 9.15 Å². The van der Waals surface area contributed by atoms with Crippen LogP contribution in [0.5, 0.6) is 0 Å². The van der Waals surface area contributed by atoms with Gasteiger partial charge < -0.3 is 9.15 Å². The van der Waals surface area contributed by atoms with E-state index in [9.17, 15) is 9.59 Å². The molecular formula is C18H20O4. The van der Waals surface area contributed by atoms with E-state index in [0.717, 1.165) is 18.2 Å². The summed E-state index contributed by atoms with van der Waals surface area (Å²) >= 11 is 0. The van der Waals surface area contributed by atoms with Crippen LogP contribution in [0.4, 0.5) is 0 Å². The van der Waals surface area contributed by atoms with Gasteiger partial charge in [0.25, 0.3) is 0 Å². The minimum atomic E-state index is -0.368. The maximum absolute atomic E-state index is 12.4. The van der Waals surface area contributed by atoms with E-state index in [0.29, 0.717) is 29.9 Å². The van der Waals surface area contributed by atoms with Crippen molar-refractivity contribution in [2.45, 2.75) is 39.0 Å². The van der Waals surface area contributed by atoms with Gasteiger partial charge in [-0.15, -0.1) is 0 Å². The van der Waals surface area contributed by atoms with Crippen LogP contribution in [0, 0.1) is 5.92 Å². The lowest BCUT2D eigenvalue weighted by Crippen LogP contribution is -2.25. The number of ketones is 1. The van der Waals surface area contributed by atoms with E-state index in [1.165, 1.54) is 0 Å². The number of rotatable bonds is 3.